The zero-order valence-corrected chi connectivity index (χ0v) is 11.1. The number of nitrogens with one attached hydrogen (secondary N) is 1. The number of nitrogens with zero attached hydrogens (tertiary/aromatic N) is 1. The van der Waals surface area contributed by atoms with Crippen molar-refractivity contribution < 1.29 is 14.2 Å². The van der Waals surface area contributed by atoms with Gasteiger partial charge in [0.15, 0.2) is 11.5 Å². The highest BCUT2D eigenvalue weighted by molar-refractivity contribution is 5.52. The van der Waals surface area contributed by atoms with E-state index in [2.05, 4.69) is 11.4 Å². The Morgan fingerprint density at radius 2 is 1.67 bits per heavy atom. The molecule has 0 aliphatic rings. The van der Waals surface area contributed by atoms with Gasteiger partial charge in [0.2, 0.25) is 0 Å². The van der Waals surface area contributed by atoms with Crippen molar-refractivity contribution in [1.82, 2.24) is 5.32 Å². The van der Waals surface area contributed by atoms with Crippen LogP contribution in [-0.4, -0.2) is 28.4 Å². The van der Waals surface area contributed by atoms with Gasteiger partial charge in [-0.1, -0.05) is 0 Å². The van der Waals surface area contributed by atoms with E-state index in [1.54, 1.807) is 34.4 Å². The second-order valence-electron chi connectivity index (χ2n) is 3.65. The third-order valence-electron chi connectivity index (χ3n) is 2.76. The highest BCUT2D eigenvalue weighted by Crippen LogP contribution is 2.38. The molecule has 0 saturated heterocycles. The van der Waals surface area contributed by atoms with Crippen molar-refractivity contribution in [3.8, 4) is 23.3 Å². The van der Waals surface area contributed by atoms with Crippen LogP contribution in [-0.2, 0) is 0 Å². The molecule has 1 rings (SSSR count). The zero-order valence-electron chi connectivity index (χ0n) is 11.1. The molecule has 1 unspecified atom stereocenters. The quantitative estimate of drug-likeness (QED) is 0.835. The Bertz CT molecular complexity index is 441. The molecule has 18 heavy (non-hydrogen) atoms. The summed E-state index contributed by atoms with van der Waals surface area (Å²) < 4.78 is 15.8. The van der Waals surface area contributed by atoms with Crippen molar-refractivity contribution in [2.45, 2.75) is 12.5 Å². The Kier molecular flexibility index (Phi) is 5.28. The van der Waals surface area contributed by atoms with E-state index in [1.807, 2.05) is 6.07 Å². The third-order valence-corrected chi connectivity index (χ3v) is 2.76. The number of methoxy groups -OCH3 is 3. The molecular weight excluding hydrogens is 232 g/mol. The Hall–Kier alpha value is -1.93. The molecule has 1 aromatic rings. The fraction of sp³-hybridized carbons (Fsp3) is 0.462. The Labute approximate surface area is 107 Å². The molecule has 5 heteroatoms. The lowest BCUT2D eigenvalue weighted by Crippen LogP contribution is -2.16. The minimum absolute atomic E-state index is 0.107. The fourth-order valence-electron chi connectivity index (χ4n) is 1.78. The Balaban J connectivity index is 3.28. The van der Waals surface area contributed by atoms with Gasteiger partial charge in [-0.15, -0.1) is 0 Å². The highest BCUT2D eigenvalue weighted by Gasteiger charge is 2.18. The SMILES string of the molecule is CNC(CC#N)c1cc(OC)c(OC)cc1OC. The molecule has 0 amide bonds. The van der Waals surface area contributed by atoms with E-state index in [4.69, 9.17) is 19.5 Å². The first kappa shape index (κ1) is 14.1. The molecule has 1 atom stereocenters. The largest absolute Gasteiger partial charge is 0.496 e. The first-order valence-corrected chi connectivity index (χ1v) is 5.55. The summed E-state index contributed by atoms with van der Waals surface area (Å²) in [5.74, 6) is 1.89. The van der Waals surface area contributed by atoms with Gasteiger partial charge in [0.1, 0.15) is 5.75 Å². The minimum Gasteiger partial charge on any atom is -0.496 e. The smallest absolute Gasteiger partial charge is 0.164 e. The van der Waals surface area contributed by atoms with E-state index >= 15 is 0 Å². The van der Waals surface area contributed by atoms with Crippen LogP contribution in [0, 0.1) is 11.3 Å². The van der Waals surface area contributed by atoms with E-state index in [0.717, 1.165) is 5.56 Å². The van der Waals surface area contributed by atoms with Crippen molar-refractivity contribution in [2.75, 3.05) is 28.4 Å². The van der Waals surface area contributed by atoms with Gasteiger partial charge in [-0.05, 0) is 13.1 Å². The van der Waals surface area contributed by atoms with Crippen molar-refractivity contribution >= 4 is 0 Å². The molecule has 0 aliphatic heterocycles. The van der Waals surface area contributed by atoms with E-state index in [0.29, 0.717) is 23.7 Å². The van der Waals surface area contributed by atoms with Gasteiger partial charge in [-0.25, -0.2) is 0 Å². The van der Waals surface area contributed by atoms with Crippen molar-refractivity contribution in [3.05, 3.63) is 17.7 Å². The van der Waals surface area contributed by atoms with Crippen molar-refractivity contribution in [1.29, 1.82) is 5.26 Å². The monoisotopic (exact) mass is 250 g/mol. The second kappa shape index (κ2) is 6.72. The highest BCUT2D eigenvalue weighted by atomic mass is 16.5. The number of nitriles is 1. The van der Waals surface area contributed by atoms with Crippen LogP contribution >= 0.6 is 0 Å². The molecule has 5 nitrogen and oxygen atoms in total. The molecule has 1 aromatic carbocycles. The Morgan fingerprint density at radius 1 is 1.11 bits per heavy atom. The van der Waals surface area contributed by atoms with Crippen LogP contribution in [0.2, 0.25) is 0 Å². The lowest BCUT2D eigenvalue weighted by molar-refractivity contribution is 0.345. The minimum atomic E-state index is -0.107. The lowest BCUT2D eigenvalue weighted by atomic mass is 10.0. The summed E-state index contributed by atoms with van der Waals surface area (Å²) in [6.07, 6.45) is 0.350. The van der Waals surface area contributed by atoms with Gasteiger partial charge in [-0.3, -0.25) is 0 Å². The number of rotatable bonds is 6. The third kappa shape index (κ3) is 2.84. The lowest BCUT2D eigenvalue weighted by Gasteiger charge is -2.19. The predicted octanol–water partition coefficient (Wildman–Crippen LogP) is 1.89. The average Bonchev–Trinajstić information content (AvgIpc) is 2.43. The molecule has 0 spiro atoms. The van der Waals surface area contributed by atoms with E-state index in [-0.39, 0.29) is 6.04 Å². The van der Waals surface area contributed by atoms with Gasteiger partial charge < -0.3 is 19.5 Å². The standard InChI is InChI=1S/C13H18N2O3/c1-15-10(5-6-14)9-7-12(17-3)13(18-4)8-11(9)16-2/h7-8,10,15H,5H2,1-4H3. The number of ether oxygens (including phenoxy) is 3. The van der Waals surface area contributed by atoms with Gasteiger partial charge in [-0.2, -0.15) is 5.26 Å². The predicted molar refractivity (Wildman–Crippen MR) is 68.1 cm³/mol. The van der Waals surface area contributed by atoms with Crippen LogP contribution in [0.1, 0.15) is 18.0 Å². The summed E-state index contributed by atoms with van der Waals surface area (Å²) in [7, 11) is 6.54. The van der Waals surface area contributed by atoms with Crippen LogP contribution in [0.3, 0.4) is 0 Å². The number of hydrogen-bond donors (Lipinski definition) is 1. The summed E-state index contributed by atoms with van der Waals surface area (Å²) in [5, 5.41) is 11.9. The maximum atomic E-state index is 8.83. The molecule has 0 fully saturated rings. The Morgan fingerprint density at radius 3 is 2.11 bits per heavy atom. The summed E-state index contributed by atoms with van der Waals surface area (Å²) in [5.41, 5.74) is 0.874. The summed E-state index contributed by atoms with van der Waals surface area (Å²) in [6.45, 7) is 0. The van der Waals surface area contributed by atoms with Gasteiger partial charge >= 0.3 is 0 Å². The molecule has 1 N–H and O–H groups in total. The molecule has 0 saturated carbocycles. The van der Waals surface area contributed by atoms with Crippen LogP contribution in [0.25, 0.3) is 0 Å². The van der Waals surface area contributed by atoms with Gasteiger partial charge in [0.25, 0.3) is 0 Å². The molecule has 98 valence electrons. The molecule has 0 bridgehead atoms. The van der Waals surface area contributed by atoms with Crippen LogP contribution in [0.4, 0.5) is 0 Å². The van der Waals surface area contributed by atoms with Crippen LogP contribution < -0.4 is 19.5 Å². The van der Waals surface area contributed by atoms with Crippen LogP contribution in [0.5, 0.6) is 17.2 Å². The van der Waals surface area contributed by atoms with E-state index in [9.17, 15) is 0 Å². The first-order valence-electron chi connectivity index (χ1n) is 5.55. The van der Waals surface area contributed by atoms with E-state index < -0.39 is 0 Å². The topological polar surface area (TPSA) is 63.5 Å². The van der Waals surface area contributed by atoms with Crippen LogP contribution in [0.15, 0.2) is 12.1 Å². The average molecular weight is 250 g/mol. The summed E-state index contributed by atoms with van der Waals surface area (Å²) in [6, 6.07) is 5.63. The summed E-state index contributed by atoms with van der Waals surface area (Å²) in [4.78, 5) is 0. The molecular formula is C13H18N2O3. The maximum Gasteiger partial charge on any atom is 0.164 e. The van der Waals surface area contributed by atoms with E-state index in [1.165, 1.54) is 0 Å². The summed E-state index contributed by atoms with van der Waals surface area (Å²) >= 11 is 0. The first-order chi connectivity index (χ1) is 8.71. The molecule has 0 radical (unpaired) electrons. The molecule has 0 aliphatic carbocycles. The number of hydrogen-bond acceptors (Lipinski definition) is 5. The van der Waals surface area contributed by atoms with Crippen molar-refractivity contribution in [3.63, 3.8) is 0 Å². The zero-order chi connectivity index (χ0) is 13.5. The second-order valence-corrected chi connectivity index (χ2v) is 3.65. The van der Waals surface area contributed by atoms with Gasteiger partial charge in [0, 0.05) is 17.7 Å². The van der Waals surface area contributed by atoms with Gasteiger partial charge in [0.05, 0.1) is 33.8 Å². The van der Waals surface area contributed by atoms with Crippen molar-refractivity contribution in [2.24, 2.45) is 0 Å². The molecule has 0 aromatic heterocycles. The maximum absolute atomic E-state index is 8.83. The fourth-order valence-corrected chi connectivity index (χ4v) is 1.78. The molecule has 0 heterocycles. The number of benzene rings is 1. The normalized spacial score (nSPS) is 11.5.